The van der Waals surface area contributed by atoms with E-state index in [0.29, 0.717) is 16.9 Å². The number of hydrogen-bond donors (Lipinski definition) is 0. The fourth-order valence-corrected chi connectivity index (χ4v) is 2.27. The van der Waals surface area contributed by atoms with Crippen LogP contribution in [0.4, 0.5) is 0 Å². The molecule has 0 N–H and O–H groups in total. The summed E-state index contributed by atoms with van der Waals surface area (Å²) < 4.78 is 12.4. The van der Waals surface area contributed by atoms with E-state index in [-0.39, 0.29) is 13.2 Å². The van der Waals surface area contributed by atoms with Crippen LogP contribution in [-0.4, -0.2) is 17.0 Å². The molecule has 0 unspecified atom stereocenters. The molecule has 0 fully saturated rings. The Balaban J connectivity index is 1.62. The summed E-state index contributed by atoms with van der Waals surface area (Å²) in [5.74, 6) is 0.129. The smallest absolute Gasteiger partial charge is 0.344 e. The fourth-order valence-electron chi connectivity index (χ4n) is 2.27. The Hall–Kier alpha value is -3.26. The molecular weight excluding hydrogens is 292 g/mol. The minimum atomic E-state index is -0.479. The van der Waals surface area contributed by atoms with Gasteiger partial charge in [-0.3, -0.25) is 0 Å². The van der Waals surface area contributed by atoms with Crippen molar-refractivity contribution in [1.29, 1.82) is 5.26 Å². The molecule has 0 spiro atoms. The van der Waals surface area contributed by atoms with E-state index in [4.69, 9.17) is 9.47 Å². The molecule has 5 heteroatoms. The third-order valence-electron chi connectivity index (χ3n) is 3.36. The van der Waals surface area contributed by atoms with Crippen LogP contribution in [0.1, 0.15) is 11.1 Å². The van der Waals surface area contributed by atoms with Gasteiger partial charge in [-0.05, 0) is 24.3 Å². The molecule has 0 aliphatic rings. The molecule has 114 valence electrons. The quantitative estimate of drug-likeness (QED) is 0.680. The number of nitriles is 1. The SMILES string of the molecule is N#Cc1c(COC(=O)COc2ccccc2)cn2ccccc12. The molecule has 0 aliphatic heterocycles. The van der Waals surface area contributed by atoms with Crippen molar-refractivity contribution in [3.05, 3.63) is 72.1 Å². The maximum Gasteiger partial charge on any atom is 0.344 e. The molecule has 0 bridgehead atoms. The maximum absolute atomic E-state index is 11.8. The third-order valence-corrected chi connectivity index (χ3v) is 3.36. The van der Waals surface area contributed by atoms with E-state index in [1.54, 1.807) is 18.3 Å². The highest BCUT2D eigenvalue weighted by atomic mass is 16.6. The zero-order valence-corrected chi connectivity index (χ0v) is 12.3. The van der Waals surface area contributed by atoms with Crippen LogP contribution in [0.5, 0.6) is 5.75 Å². The largest absolute Gasteiger partial charge is 0.482 e. The van der Waals surface area contributed by atoms with Crippen molar-refractivity contribution in [2.24, 2.45) is 0 Å². The molecule has 23 heavy (non-hydrogen) atoms. The summed E-state index contributed by atoms with van der Waals surface area (Å²) in [7, 11) is 0. The van der Waals surface area contributed by atoms with Gasteiger partial charge >= 0.3 is 5.97 Å². The van der Waals surface area contributed by atoms with Crippen LogP contribution in [-0.2, 0) is 16.1 Å². The Kier molecular flexibility index (Phi) is 4.25. The summed E-state index contributed by atoms with van der Waals surface area (Å²) in [5, 5.41) is 9.29. The van der Waals surface area contributed by atoms with Gasteiger partial charge in [0, 0.05) is 18.0 Å². The van der Waals surface area contributed by atoms with Gasteiger partial charge in [0.2, 0.25) is 0 Å². The van der Waals surface area contributed by atoms with Gasteiger partial charge in [-0.1, -0.05) is 24.3 Å². The lowest BCUT2D eigenvalue weighted by atomic mass is 10.2. The molecule has 3 rings (SSSR count). The number of pyridine rings is 1. The predicted octanol–water partition coefficient (Wildman–Crippen LogP) is 2.93. The Morgan fingerprint density at radius 2 is 1.91 bits per heavy atom. The van der Waals surface area contributed by atoms with Crippen LogP contribution < -0.4 is 4.74 Å². The van der Waals surface area contributed by atoms with Crippen LogP contribution in [0.3, 0.4) is 0 Å². The number of rotatable bonds is 5. The van der Waals surface area contributed by atoms with Gasteiger partial charge in [0.1, 0.15) is 18.4 Å². The topological polar surface area (TPSA) is 63.7 Å². The standard InChI is InChI=1S/C18H14N2O3/c19-10-16-14(11-20-9-5-4-8-17(16)20)12-23-18(21)13-22-15-6-2-1-3-7-15/h1-9,11H,12-13H2. The zero-order chi connectivity index (χ0) is 16.1. The Bertz CT molecular complexity index is 863. The van der Waals surface area contributed by atoms with Gasteiger partial charge in [-0.25, -0.2) is 4.79 Å². The first-order chi connectivity index (χ1) is 11.3. The summed E-state index contributed by atoms with van der Waals surface area (Å²) in [6.07, 6.45) is 3.64. The second-order valence-corrected chi connectivity index (χ2v) is 4.90. The number of carbonyl (C=O) groups excluding carboxylic acids is 1. The molecule has 5 nitrogen and oxygen atoms in total. The van der Waals surface area contributed by atoms with Crippen molar-refractivity contribution in [2.45, 2.75) is 6.61 Å². The zero-order valence-electron chi connectivity index (χ0n) is 12.3. The fraction of sp³-hybridized carbons (Fsp3) is 0.111. The number of aromatic nitrogens is 1. The minimum Gasteiger partial charge on any atom is -0.482 e. The highest BCUT2D eigenvalue weighted by Gasteiger charge is 2.12. The van der Waals surface area contributed by atoms with Crippen molar-refractivity contribution in [2.75, 3.05) is 6.61 Å². The van der Waals surface area contributed by atoms with Crippen molar-refractivity contribution in [3.63, 3.8) is 0 Å². The van der Waals surface area contributed by atoms with Gasteiger partial charge in [0.25, 0.3) is 0 Å². The minimum absolute atomic E-state index is 0.0432. The van der Waals surface area contributed by atoms with Crippen molar-refractivity contribution >= 4 is 11.5 Å². The molecule has 0 amide bonds. The number of benzene rings is 1. The highest BCUT2D eigenvalue weighted by molar-refractivity contribution is 5.71. The molecule has 1 aromatic carbocycles. The van der Waals surface area contributed by atoms with E-state index >= 15 is 0 Å². The first kappa shape index (κ1) is 14.7. The van der Waals surface area contributed by atoms with E-state index in [2.05, 4.69) is 6.07 Å². The molecule has 0 radical (unpaired) electrons. The van der Waals surface area contributed by atoms with Crippen molar-refractivity contribution in [1.82, 2.24) is 4.40 Å². The molecule has 0 atom stereocenters. The molecule has 2 aromatic heterocycles. The monoisotopic (exact) mass is 306 g/mol. The van der Waals surface area contributed by atoms with E-state index in [0.717, 1.165) is 5.52 Å². The van der Waals surface area contributed by atoms with Crippen LogP contribution in [0.25, 0.3) is 5.52 Å². The average molecular weight is 306 g/mol. The van der Waals surface area contributed by atoms with Crippen LogP contribution in [0.2, 0.25) is 0 Å². The number of fused-ring (bicyclic) bond motifs is 1. The molecular formula is C18H14N2O3. The van der Waals surface area contributed by atoms with Gasteiger partial charge in [-0.2, -0.15) is 5.26 Å². The van der Waals surface area contributed by atoms with E-state index < -0.39 is 5.97 Å². The first-order valence-electron chi connectivity index (χ1n) is 7.10. The molecule has 2 heterocycles. The van der Waals surface area contributed by atoms with Gasteiger partial charge < -0.3 is 13.9 Å². The summed E-state index contributed by atoms with van der Waals surface area (Å²) in [6.45, 7) is -0.124. The number of carbonyl (C=O) groups is 1. The number of hydrogen-bond acceptors (Lipinski definition) is 4. The van der Waals surface area contributed by atoms with Crippen LogP contribution in [0, 0.1) is 11.3 Å². The van der Waals surface area contributed by atoms with Crippen LogP contribution in [0.15, 0.2) is 60.9 Å². The molecule has 3 aromatic rings. The third kappa shape index (κ3) is 3.33. The number of esters is 1. The van der Waals surface area contributed by atoms with E-state index in [9.17, 15) is 10.1 Å². The second-order valence-electron chi connectivity index (χ2n) is 4.90. The normalized spacial score (nSPS) is 10.2. The summed E-state index contributed by atoms with van der Waals surface area (Å²) in [4.78, 5) is 11.8. The van der Waals surface area contributed by atoms with Gasteiger partial charge in [0.05, 0.1) is 11.1 Å². The summed E-state index contributed by atoms with van der Waals surface area (Å²) in [5.41, 5.74) is 1.98. The highest BCUT2D eigenvalue weighted by Crippen LogP contribution is 2.18. The lowest BCUT2D eigenvalue weighted by Crippen LogP contribution is -2.14. The Labute approximate surface area is 133 Å². The Morgan fingerprint density at radius 3 is 2.70 bits per heavy atom. The van der Waals surface area contributed by atoms with Crippen LogP contribution >= 0.6 is 0 Å². The number of para-hydroxylation sites is 1. The molecule has 0 saturated heterocycles. The average Bonchev–Trinajstić information content (AvgIpc) is 2.96. The summed E-state index contributed by atoms with van der Waals surface area (Å²) >= 11 is 0. The Morgan fingerprint density at radius 1 is 1.13 bits per heavy atom. The van der Waals surface area contributed by atoms with Gasteiger partial charge in [-0.15, -0.1) is 0 Å². The van der Waals surface area contributed by atoms with Gasteiger partial charge in [0.15, 0.2) is 6.61 Å². The molecule has 0 aliphatic carbocycles. The second kappa shape index (κ2) is 6.67. The maximum atomic E-state index is 11.8. The predicted molar refractivity (Wildman–Crippen MR) is 83.8 cm³/mol. The first-order valence-corrected chi connectivity index (χ1v) is 7.10. The lowest BCUT2D eigenvalue weighted by Gasteiger charge is -2.06. The van der Waals surface area contributed by atoms with Crippen molar-refractivity contribution < 1.29 is 14.3 Å². The van der Waals surface area contributed by atoms with Crippen molar-refractivity contribution in [3.8, 4) is 11.8 Å². The summed E-state index contributed by atoms with van der Waals surface area (Å²) in [6, 6.07) is 16.8. The lowest BCUT2D eigenvalue weighted by molar-refractivity contribution is -0.147. The van der Waals surface area contributed by atoms with E-state index in [1.807, 2.05) is 47.0 Å². The van der Waals surface area contributed by atoms with E-state index in [1.165, 1.54) is 0 Å². The molecule has 0 saturated carbocycles. The number of nitrogens with zero attached hydrogens (tertiary/aromatic N) is 2. The number of ether oxygens (including phenoxy) is 2.